The number of benzene rings is 2. The van der Waals surface area contributed by atoms with E-state index in [2.05, 4.69) is 32.2 Å². The molecule has 11 atom stereocenters. The summed E-state index contributed by atoms with van der Waals surface area (Å²) in [5.74, 6) is -2.61. The average Bonchev–Trinajstić information content (AvgIpc) is 3.99. The van der Waals surface area contributed by atoms with Crippen molar-refractivity contribution in [2.75, 3.05) is 72.1 Å². The number of aromatic amines is 1. The zero-order valence-corrected chi connectivity index (χ0v) is 44.6. The van der Waals surface area contributed by atoms with Gasteiger partial charge in [-0.2, -0.15) is 8.42 Å². The molecule has 1 saturated carbocycles. The SMILES string of the molecule is CCOP(=O)(OCC)[C@H](NC(=O)[C@@]1(O)[C@H](O)[C@]2(CC)C=CCN3CC[C@@]4(c5cc([C@@]6(C(=O)OC)CC7CN(CCc8c6[nH]c6ccccc86)C[C@](O)(CC)C7)c(OC)cc5N(C)[C@@H]14)[C@@H]32)C(C)C.O=S(=O)(O)O. The Morgan fingerprint density at radius 1 is 0.972 bits per heavy atom. The monoisotopic (exact) mass is 1040 g/mol. The van der Waals surface area contributed by atoms with E-state index in [1.807, 2.05) is 76.1 Å². The number of nitrogens with one attached hydrogen (secondary N) is 2. The lowest BCUT2D eigenvalue weighted by Gasteiger charge is -2.63. The fourth-order valence-electron chi connectivity index (χ4n) is 14.4. The van der Waals surface area contributed by atoms with E-state index < -0.39 is 81.2 Å². The van der Waals surface area contributed by atoms with Crippen LogP contribution < -0.4 is 15.0 Å². The van der Waals surface area contributed by atoms with E-state index in [9.17, 15) is 19.9 Å². The largest absolute Gasteiger partial charge is 0.496 e. The van der Waals surface area contributed by atoms with Crippen LogP contribution in [0.3, 0.4) is 0 Å². The van der Waals surface area contributed by atoms with Crippen LogP contribution in [0.25, 0.3) is 10.9 Å². The number of H-pyrrole nitrogens is 1. The van der Waals surface area contributed by atoms with E-state index in [4.69, 9.17) is 36.0 Å². The molecule has 2 saturated heterocycles. The summed E-state index contributed by atoms with van der Waals surface area (Å²) in [6, 6.07) is 10.7. The Morgan fingerprint density at radius 2 is 1.65 bits per heavy atom. The molecule has 6 aliphatic rings. The third-order valence-corrected chi connectivity index (χ3v) is 19.7. The minimum Gasteiger partial charge on any atom is -0.496 e. The van der Waals surface area contributed by atoms with Gasteiger partial charge in [0.05, 0.1) is 39.1 Å². The van der Waals surface area contributed by atoms with Crippen molar-refractivity contribution in [1.82, 2.24) is 20.1 Å². The van der Waals surface area contributed by atoms with Crippen LogP contribution >= 0.6 is 7.60 Å². The molecule has 19 nitrogen and oxygen atoms in total. The van der Waals surface area contributed by atoms with E-state index in [-0.39, 0.29) is 25.2 Å². The molecule has 1 aromatic heterocycles. The Labute approximate surface area is 422 Å². The molecule has 398 valence electrons. The second-order valence-corrected chi connectivity index (χ2v) is 24.2. The van der Waals surface area contributed by atoms with Crippen LogP contribution in [-0.2, 0) is 55.6 Å². The molecule has 1 spiro atoms. The van der Waals surface area contributed by atoms with Gasteiger partial charge in [-0.1, -0.05) is 58.0 Å². The first kappa shape index (κ1) is 54.3. The first-order valence-corrected chi connectivity index (χ1v) is 28.2. The Hall–Kier alpha value is -3.92. The van der Waals surface area contributed by atoms with Gasteiger partial charge in [0.25, 0.3) is 5.91 Å². The molecule has 1 amide bonds. The quantitative estimate of drug-likeness (QED) is 0.0517. The number of carbonyl (C=O) groups excluding carboxylic acids is 2. The van der Waals surface area contributed by atoms with Crippen LogP contribution in [0.5, 0.6) is 5.75 Å². The van der Waals surface area contributed by atoms with Gasteiger partial charge in [-0.05, 0) is 94.0 Å². The highest BCUT2D eigenvalue weighted by Crippen LogP contribution is 2.68. The number of aliphatic hydroxyl groups is 3. The number of methoxy groups -OCH3 is 2. The zero-order chi connectivity index (χ0) is 52.6. The molecule has 2 bridgehead atoms. The number of amides is 1. The van der Waals surface area contributed by atoms with E-state index in [0.29, 0.717) is 88.2 Å². The van der Waals surface area contributed by atoms with Gasteiger partial charge >= 0.3 is 24.0 Å². The van der Waals surface area contributed by atoms with E-state index in [1.165, 1.54) is 7.11 Å². The van der Waals surface area contributed by atoms with Crippen molar-refractivity contribution in [3.63, 3.8) is 0 Å². The number of fused-ring (bicyclic) bond motifs is 6. The molecule has 2 unspecified atom stereocenters. The number of piperidine rings is 1. The lowest BCUT2D eigenvalue weighted by molar-refractivity contribution is -0.203. The maximum absolute atomic E-state index is 15.5. The summed E-state index contributed by atoms with van der Waals surface area (Å²) in [6.45, 7) is 14.4. The second-order valence-electron chi connectivity index (χ2n) is 21.1. The number of anilines is 1. The molecule has 2 aromatic carbocycles. The number of carbonyl (C=O) groups is 2. The number of likely N-dealkylation sites (N-methyl/N-ethyl adjacent to an activating group) is 1. The zero-order valence-electron chi connectivity index (χ0n) is 42.9. The molecule has 3 fully saturated rings. The molecular weight excluding hydrogens is 970 g/mol. The molecule has 0 radical (unpaired) electrons. The molecule has 72 heavy (non-hydrogen) atoms. The smallest absolute Gasteiger partial charge is 0.394 e. The van der Waals surface area contributed by atoms with Crippen molar-refractivity contribution in [2.24, 2.45) is 17.3 Å². The molecule has 21 heteroatoms. The van der Waals surface area contributed by atoms with Crippen molar-refractivity contribution in [3.8, 4) is 5.75 Å². The van der Waals surface area contributed by atoms with Gasteiger partial charge in [-0.25, -0.2) is 0 Å². The van der Waals surface area contributed by atoms with Gasteiger partial charge in [0.1, 0.15) is 23.1 Å². The Balaban J connectivity index is 0.00000132. The summed E-state index contributed by atoms with van der Waals surface area (Å²) in [5, 5.41) is 42.9. The molecule has 7 N–H and O–H groups in total. The minimum absolute atomic E-state index is 0.0734. The molecule has 3 aromatic rings. The van der Waals surface area contributed by atoms with Crippen LogP contribution in [0.15, 0.2) is 48.6 Å². The summed E-state index contributed by atoms with van der Waals surface area (Å²) < 4.78 is 70.1. The lowest BCUT2D eigenvalue weighted by atomic mass is 9.47. The number of hydrogen-bond acceptors (Lipinski definition) is 15. The van der Waals surface area contributed by atoms with Gasteiger partial charge in [0.15, 0.2) is 5.60 Å². The third kappa shape index (κ3) is 8.44. The van der Waals surface area contributed by atoms with Crippen LogP contribution in [0.4, 0.5) is 5.69 Å². The van der Waals surface area contributed by atoms with Crippen LogP contribution in [0.1, 0.15) is 96.0 Å². The van der Waals surface area contributed by atoms with Crippen LogP contribution in [0, 0.1) is 17.3 Å². The molecule has 6 heterocycles. The summed E-state index contributed by atoms with van der Waals surface area (Å²) in [6.07, 6.45) is 5.32. The van der Waals surface area contributed by atoms with Gasteiger partial charge in [-0.15, -0.1) is 0 Å². The summed E-state index contributed by atoms with van der Waals surface area (Å²) in [7, 11) is -3.77. The topological polar surface area (TPSA) is 261 Å². The highest BCUT2D eigenvalue weighted by Gasteiger charge is 2.79. The molecule has 1 aliphatic carbocycles. The highest BCUT2D eigenvalue weighted by molar-refractivity contribution is 7.79. The Bertz CT molecular complexity index is 2740. The number of hydrogen-bond donors (Lipinski definition) is 7. The maximum atomic E-state index is 15.5. The number of esters is 1. The summed E-state index contributed by atoms with van der Waals surface area (Å²) >= 11 is 0. The second kappa shape index (κ2) is 19.7. The standard InChI is InChI=1S/C51H72N5O10P.H2O4S/c1-10-47(60)27-32-28-50(46(59)64-9,40-34(19-23-55(29-32)30-47)33-17-14-15-18-37(33)52-40)36-25-35-38(26-39(36)63-8)54(7)43-49(35)21-24-56-22-16-20-48(11-2,42(49)56)44(57)51(43,61)45(58)53-41(31(5)6)67(62,65-12-3)66-13-4;1-5(2,3)4/h14-18,20,25-26,31-32,41-44,52,57,60-61H,10-13,19,21-24,27-30H2,1-9H3,(H,53,58);(H2,1,2,3,4)/t32?,41-,42-,43+,44+,47-,48+,49+,50-,51-;/m0./s1. The highest BCUT2D eigenvalue weighted by atomic mass is 32.3. The number of nitrogens with zero attached hydrogens (tertiary/aromatic N) is 3. The minimum atomic E-state index is -4.67. The molecule has 9 rings (SSSR count). The average molecular weight is 1040 g/mol. The first-order chi connectivity index (χ1) is 33.9. The normalized spacial score (nSPS) is 33.3. The van der Waals surface area contributed by atoms with E-state index in [0.717, 1.165) is 27.7 Å². The van der Waals surface area contributed by atoms with Crippen molar-refractivity contribution in [3.05, 3.63) is 70.9 Å². The fraction of sp³-hybridized carbons (Fsp3) is 0.647. The first-order valence-electron chi connectivity index (χ1n) is 25.2. The van der Waals surface area contributed by atoms with Crippen molar-refractivity contribution in [1.29, 1.82) is 0 Å². The molecular formula is C51H74N5O14PS. The van der Waals surface area contributed by atoms with Gasteiger partial charge in [0.2, 0.25) is 0 Å². The van der Waals surface area contributed by atoms with Gasteiger partial charge in [-0.3, -0.25) is 33.1 Å². The van der Waals surface area contributed by atoms with Crippen molar-refractivity contribution in [2.45, 2.75) is 126 Å². The summed E-state index contributed by atoms with van der Waals surface area (Å²) in [5.41, 5.74) is -2.27. The maximum Gasteiger partial charge on any atom is 0.394 e. The lowest BCUT2D eigenvalue weighted by Crippen LogP contribution is -2.82. The van der Waals surface area contributed by atoms with Crippen molar-refractivity contribution >= 4 is 46.5 Å². The summed E-state index contributed by atoms with van der Waals surface area (Å²) in [4.78, 5) is 41.4. The van der Waals surface area contributed by atoms with E-state index in [1.54, 1.807) is 21.0 Å². The number of para-hydroxylation sites is 1. The number of ether oxygens (including phenoxy) is 2. The molecule has 5 aliphatic heterocycles. The van der Waals surface area contributed by atoms with Crippen LogP contribution in [-0.4, -0.2) is 162 Å². The van der Waals surface area contributed by atoms with Gasteiger partial charge in [0, 0.05) is 84.0 Å². The van der Waals surface area contributed by atoms with E-state index >= 15 is 9.59 Å². The van der Waals surface area contributed by atoms with Gasteiger partial charge < -0.3 is 49.0 Å². The Kier molecular flexibility index (Phi) is 14.8. The third-order valence-electron chi connectivity index (χ3n) is 17.1. The predicted octanol–water partition coefficient (Wildman–Crippen LogP) is 4.96. The van der Waals surface area contributed by atoms with Crippen LogP contribution in [0.2, 0.25) is 0 Å². The Morgan fingerprint density at radius 3 is 2.26 bits per heavy atom. The predicted molar refractivity (Wildman–Crippen MR) is 271 cm³/mol. The number of aliphatic hydroxyl groups excluding tert-OH is 1. The number of aromatic nitrogens is 1. The van der Waals surface area contributed by atoms with Crippen molar-refractivity contribution < 1.29 is 65.5 Å². The fourth-order valence-corrected chi connectivity index (χ4v) is 16.6. The number of rotatable bonds is 13.